The zero-order valence-corrected chi connectivity index (χ0v) is 14.8. The number of benzene rings is 1. The van der Waals surface area contributed by atoms with Crippen LogP contribution in [0.3, 0.4) is 0 Å². The highest BCUT2D eigenvalue weighted by Crippen LogP contribution is 2.34. The van der Waals surface area contributed by atoms with Gasteiger partial charge in [-0.1, -0.05) is 48.3 Å². The maximum Gasteiger partial charge on any atom is 0.266 e. The fraction of sp³-hybridized carbons (Fsp3) is 0.222. The predicted octanol–water partition coefficient (Wildman–Crippen LogP) is 4.19. The minimum atomic E-state index is 0.00242. The molecular weight excluding hydrogens is 324 g/mol. The molecule has 3 rings (SSSR count). The van der Waals surface area contributed by atoms with E-state index in [1.807, 2.05) is 31.2 Å². The number of para-hydroxylation sites is 1. The Morgan fingerprint density at radius 2 is 1.96 bits per heavy atom. The van der Waals surface area contributed by atoms with Crippen LogP contribution in [0.25, 0.3) is 5.57 Å². The number of amides is 1. The second-order valence-corrected chi connectivity index (χ2v) is 6.86. The SMILES string of the molecule is CCN1C(=O)/C(=C/C=C2\C=CN(CC)c3ccccc32)SC1=S. The van der Waals surface area contributed by atoms with Crippen molar-refractivity contribution < 1.29 is 4.79 Å². The molecule has 1 aromatic carbocycles. The van der Waals surface area contributed by atoms with Crippen LogP contribution >= 0.6 is 24.0 Å². The molecule has 0 unspecified atom stereocenters. The summed E-state index contributed by atoms with van der Waals surface area (Å²) < 4.78 is 0.638. The number of carbonyl (C=O) groups is 1. The topological polar surface area (TPSA) is 23.6 Å². The number of anilines is 1. The molecule has 0 N–H and O–H groups in total. The third kappa shape index (κ3) is 2.99. The van der Waals surface area contributed by atoms with Crippen LogP contribution in [0, 0.1) is 0 Å². The zero-order valence-electron chi connectivity index (χ0n) is 13.2. The maximum atomic E-state index is 12.3. The first-order valence-electron chi connectivity index (χ1n) is 7.65. The highest BCUT2D eigenvalue weighted by atomic mass is 32.2. The standard InChI is InChI=1S/C18H18N2OS2/c1-3-19-12-11-13(14-7-5-6-8-15(14)19)9-10-16-17(21)20(4-2)18(22)23-16/h5-12H,3-4H2,1-2H3/b13-9+,16-10-. The Balaban J connectivity index is 1.94. The molecule has 1 amide bonds. The van der Waals surface area contributed by atoms with E-state index < -0.39 is 0 Å². The monoisotopic (exact) mass is 342 g/mol. The molecule has 0 atom stereocenters. The molecule has 3 nitrogen and oxygen atoms in total. The number of thioether (sulfide) groups is 1. The fourth-order valence-corrected chi connectivity index (χ4v) is 4.01. The van der Waals surface area contributed by atoms with Crippen LogP contribution in [0.15, 0.2) is 53.6 Å². The molecule has 2 heterocycles. The third-order valence-electron chi connectivity index (χ3n) is 3.90. The number of rotatable bonds is 3. The van der Waals surface area contributed by atoms with E-state index in [0.717, 1.165) is 12.1 Å². The van der Waals surface area contributed by atoms with Gasteiger partial charge in [-0.15, -0.1) is 0 Å². The summed E-state index contributed by atoms with van der Waals surface area (Å²) in [5, 5.41) is 0. The summed E-state index contributed by atoms with van der Waals surface area (Å²) >= 11 is 6.62. The highest BCUT2D eigenvalue weighted by molar-refractivity contribution is 8.26. The fourth-order valence-electron chi connectivity index (χ4n) is 2.68. The van der Waals surface area contributed by atoms with Crippen LogP contribution in [-0.4, -0.2) is 28.2 Å². The van der Waals surface area contributed by atoms with Crippen molar-refractivity contribution in [1.29, 1.82) is 0 Å². The lowest BCUT2D eigenvalue weighted by atomic mass is 9.99. The number of hydrogen-bond donors (Lipinski definition) is 0. The van der Waals surface area contributed by atoms with Crippen LogP contribution in [0.4, 0.5) is 5.69 Å². The van der Waals surface area contributed by atoms with E-state index in [4.69, 9.17) is 12.2 Å². The molecule has 118 valence electrons. The summed E-state index contributed by atoms with van der Waals surface area (Å²) in [6.45, 7) is 5.61. The molecule has 0 saturated carbocycles. The zero-order chi connectivity index (χ0) is 16.4. The molecule has 1 saturated heterocycles. The van der Waals surface area contributed by atoms with Crippen molar-refractivity contribution in [1.82, 2.24) is 4.90 Å². The van der Waals surface area contributed by atoms with Gasteiger partial charge in [-0.3, -0.25) is 9.69 Å². The lowest BCUT2D eigenvalue weighted by Crippen LogP contribution is -2.27. The predicted molar refractivity (Wildman–Crippen MR) is 102 cm³/mol. The quantitative estimate of drug-likeness (QED) is 0.607. The second-order valence-electron chi connectivity index (χ2n) is 5.19. The Kier molecular flexibility index (Phi) is 4.68. The smallest absolute Gasteiger partial charge is 0.266 e. The van der Waals surface area contributed by atoms with E-state index in [2.05, 4.69) is 36.2 Å². The van der Waals surface area contributed by atoms with Crippen molar-refractivity contribution in [3.05, 3.63) is 59.2 Å². The van der Waals surface area contributed by atoms with Gasteiger partial charge in [0.15, 0.2) is 0 Å². The van der Waals surface area contributed by atoms with Crippen molar-refractivity contribution in [2.45, 2.75) is 13.8 Å². The lowest BCUT2D eigenvalue weighted by molar-refractivity contribution is -0.122. The van der Waals surface area contributed by atoms with E-state index in [-0.39, 0.29) is 5.91 Å². The Morgan fingerprint density at radius 3 is 2.65 bits per heavy atom. The van der Waals surface area contributed by atoms with Crippen molar-refractivity contribution >= 4 is 45.5 Å². The van der Waals surface area contributed by atoms with Gasteiger partial charge in [0.1, 0.15) is 4.32 Å². The molecule has 0 radical (unpaired) electrons. The molecule has 23 heavy (non-hydrogen) atoms. The van der Waals surface area contributed by atoms with Gasteiger partial charge in [0.25, 0.3) is 5.91 Å². The van der Waals surface area contributed by atoms with E-state index in [9.17, 15) is 4.79 Å². The number of nitrogens with zero attached hydrogens (tertiary/aromatic N) is 2. The summed E-state index contributed by atoms with van der Waals surface area (Å²) in [5.41, 5.74) is 3.48. The van der Waals surface area contributed by atoms with Crippen LogP contribution in [0.5, 0.6) is 0 Å². The van der Waals surface area contributed by atoms with Gasteiger partial charge in [0, 0.05) is 30.5 Å². The van der Waals surface area contributed by atoms with E-state index in [1.54, 1.807) is 4.90 Å². The number of fused-ring (bicyclic) bond motifs is 1. The number of carbonyl (C=O) groups excluding carboxylic acids is 1. The van der Waals surface area contributed by atoms with E-state index >= 15 is 0 Å². The van der Waals surface area contributed by atoms with Crippen LogP contribution in [0.1, 0.15) is 19.4 Å². The molecule has 2 aliphatic rings. The van der Waals surface area contributed by atoms with Crippen LogP contribution < -0.4 is 4.90 Å². The Morgan fingerprint density at radius 1 is 1.17 bits per heavy atom. The highest BCUT2D eigenvalue weighted by Gasteiger charge is 2.30. The summed E-state index contributed by atoms with van der Waals surface area (Å²) in [5.74, 6) is 0.00242. The first kappa shape index (κ1) is 16.0. The third-order valence-corrected chi connectivity index (χ3v) is 5.30. The molecule has 0 aromatic heterocycles. The van der Waals surface area contributed by atoms with Crippen LogP contribution in [0.2, 0.25) is 0 Å². The minimum Gasteiger partial charge on any atom is -0.348 e. The molecule has 0 aliphatic carbocycles. The Labute approximate surface area is 146 Å². The molecule has 1 fully saturated rings. The summed E-state index contributed by atoms with van der Waals surface area (Å²) in [6.07, 6.45) is 8.06. The summed E-state index contributed by atoms with van der Waals surface area (Å²) in [4.78, 5) is 16.8. The number of hydrogen-bond acceptors (Lipinski definition) is 4. The van der Waals surface area contributed by atoms with Gasteiger partial charge in [-0.25, -0.2) is 0 Å². The summed E-state index contributed by atoms with van der Waals surface area (Å²) in [6, 6.07) is 8.31. The van der Waals surface area contributed by atoms with E-state index in [0.29, 0.717) is 15.8 Å². The van der Waals surface area contributed by atoms with Gasteiger partial charge in [-0.05, 0) is 37.6 Å². The van der Waals surface area contributed by atoms with Crippen molar-refractivity contribution in [2.75, 3.05) is 18.0 Å². The largest absolute Gasteiger partial charge is 0.348 e. The van der Waals surface area contributed by atoms with Crippen molar-refractivity contribution in [3.63, 3.8) is 0 Å². The second kappa shape index (κ2) is 6.72. The normalized spacial score (nSPS) is 20.8. The molecule has 5 heteroatoms. The molecule has 0 spiro atoms. The maximum absolute atomic E-state index is 12.3. The lowest BCUT2D eigenvalue weighted by Gasteiger charge is -2.26. The Hall–Kier alpha value is -1.85. The first-order chi connectivity index (χ1) is 11.2. The number of allylic oxidation sites excluding steroid dienone is 4. The van der Waals surface area contributed by atoms with Gasteiger partial charge >= 0.3 is 0 Å². The molecular formula is C18H18N2OS2. The van der Waals surface area contributed by atoms with Gasteiger partial charge < -0.3 is 4.90 Å². The first-order valence-corrected chi connectivity index (χ1v) is 8.88. The Bertz CT molecular complexity index is 749. The minimum absolute atomic E-state index is 0.00242. The number of thiocarbonyl (C=S) groups is 1. The van der Waals surface area contributed by atoms with Crippen molar-refractivity contribution in [3.8, 4) is 0 Å². The molecule has 0 bridgehead atoms. The average molecular weight is 342 g/mol. The van der Waals surface area contributed by atoms with E-state index in [1.165, 1.54) is 23.0 Å². The van der Waals surface area contributed by atoms with Gasteiger partial charge in [0.05, 0.1) is 4.91 Å². The van der Waals surface area contributed by atoms with Crippen LogP contribution in [-0.2, 0) is 4.79 Å². The molecule has 1 aromatic rings. The van der Waals surface area contributed by atoms with Gasteiger partial charge in [0.2, 0.25) is 0 Å². The molecule has 2 aliphatic heterocycles. The van der Waals surface area contributed by atoms with Crippen molar-refractivity contribution in [2.24, 2.45) is 0 Å². The van der Waals surface area contributed by atoms with Gasteiger partial charge in [-0.2, -0.15) is 0 Å². The number of likely N-dealkylation sites (N-methyl/N-ethyl adjacent to an activating group) is 1. The average Bonchev–Trinajstić information content (AvgIpc) is 2.85. The summed E-state index contributed by atoms with van der Waals surface area (Å²) in [7, 11) is 0.